The molecule has 0 fully saturated rings. The van der Waals surface area contributed by atoms with Crippen molar-refractivity contribution in [3.63, 3.8) is 0 Å². The van der Waals surface area contributed by atoms with E-state index in [2.05, 4.69) is 12.2 Å². The topological polar surface area (TPSA) is 26.3 Å². The lowest BCUT2D eigenvalue weighted by Gasteiger charge is -2.23. The maximum Gasteiger partial charge on any atom is 0.309 e. The molecule has 1 rings (SSSR count). The third-order valence-corrected chi connectivity index (χ3v) is 2.75. The highest BCUT2D eigenvalue weighted by molar-refractivity contribution is 5.72. The average molecular weight is 182 g/mol. The molecule has 0 bridgehead atoms. The molecule has 2 heteroatoms. The molecular weight excluding hydrogens is 164 g/mol. The van der Waals surface area contributed by atoms with E-state index in [-0.39, 0.29) is 11.9 Å². The van der Waals surface area contributed by atoms with Crippen molar-refractivity contribution in [2.24, 2.45) is 11.8 Å². The number of ether oxygens (including phenoxy) is 1. The quantitative estimate of drug-likeness (QED) is 0.495. The Hall–Kier alpha value is -0.790. The van der Waals surface area contributed by atoms with Gasteiger partial charge < -0.3 is 4.74 Å². The molecule has 74 valence electrons. The summed E-state index contributed by atoms with van der Waals surface area (Å²) in [5.41, 5.74) is 0. The molecule has 0 heterocycles. The fraction of sp³-hybridized carbons (Fsp3) is 0.727. The molecule has 0 spiro atoms. The number of rotatable bonds is 3. The van der Waals surface area contributed by atoms with Crippen molar-refractivity contribution in [3.05, 3.63) is 12.2 Å². The molecule has 2 nitrogen and oxygen atoms in total. The zero-order valence-electron chi connectivity index (χ0n) is 8.45. The van der Waals surface area contributed by atoms with Crippen molar-refractivity contribution in [2.45, 2.75) is 32.6 Å². The van der Waals surface area contributed by atoms with Gasteiger partial charge in [0.05, 0.1) is 13.0 Å². The van der Waals surface area contributed by atoms with Gasteiger partial charge in [0.15, 0.2) is 0 Å². The van der Waals surface area contributed by atoms with Crippen molar-refractivity contribution in [1.29, 1.82) is 0 Å². The van der Waals surface area contributed by atoms with Crippen LogP contribution in [0.2, 0.25) is 0 Å². The maximum atomic E-state index is 11.4. The molecule has 0 aromatic carbocycles. The monoisotopic (exact) mass is 182 g/mol. The van der Waals surface area contributed by atoms with E-state index in [9.17, 15) is 4.79 Å². The summed E-state index contributed by atoms with van der Waals surface area (Å²) in [7, 11) is 1.47. The Bertz CT molecular complexity index is 196. The second-order valence-electron chi connectivity index (χ2n) is 3.56. The van der Waals surface area contributed by atoms with Gasteiger partial charge in [-0.05, 0) is 31.6 Å². The second-order valence-corrected chi connectivity index (χ2v) is 3.56. The highest BCUT2D eigenvalue weighted by Gasteiger charge is 2.26. The van der Waals surface area contributed by atoms with Gasteiger partial charge in [-0.15, -0.1) is 0 Å². The molecule has 2 atom stereocenters. The van der Waals surface area contributed by atoms with Gasteiger partial charge in [-0.3, -0.25) is 4.79 Å². The van der Waals surface area contributed by atoms with Crippen LogP contribution >= 0.6 is 0 Å². The largest absolute Gasteiger partial charge is 0.469 e. The molecular formula is C11H18O2. The van der Waals surface area contributed by atoms with Crippen LogP contribution in [0.5, 0.6) is 0 Å². The fourth-order valence-electron chi connectivity index (χ4n) is 1.97. The minimum Gasteiger partial charge on any atom is -0.469 e. The molecule has 0 radical (unpaired) electrons. The average Bonchev–Trinajstić information content (AvgIpc) is 2.20. The Morgan fingerprint density at radius 1 is 1.69 bits per heavy atom. The molecule has 0 aromatic heterocycles. The summed E-state index contributed by atoms with van der Waals surface area (Å²) in [6.07, 6.45) is 8.73. The Morgan fingerprint density at radius 3 is 2.92 bits per heavy atom. The van der Waals surface area contributed by atoms with Crippen molar-refractivity contribution in [2.75, 3.05) is 7.11 Å². The normalized spacial score (nSPS) is 24.0. The van der Waals surface area contributed by atoms with E-state index in [1.807, 2.05) is 6.92 Å². The van der Waals surface area contributed by atoms with Crippen LogP contribution in [0.3, 0.4) is 0 Å². The molecule has 1 aliphatic carbocycles. The fourth-order valence-corrected chi connectivity index (χ4v) is 1.97. The van der Waals surface area contributed by atoms with Gasteiger partial charge in [-0.25, -0.2) is 0 Å². The van der Waals surface area contributed by atoms with Gasteiger partial charge in [-0.1, -0.05) is 19.1 Å². The van der Waals surface area contributed by atoms with E-state index in [0.717, 1.165) is 19.3 Å². The lowest BCUT2D eigenvalue weighted by molar-refractivity contribution is -0.147. The van der Waals surface area contributed by atoms with E-state index < -0.39 is 0 Å². The summed E-state index contributed by atoms with van der Waals surface area (Å²) < 4.78 is 4.78. The molecule has 2 unspecified atom stereocenters. The Labute approximate surface area is 80.0 Å². The Morgan fingerprint density at radius 2 is 2.46 bits per heavy atom. The summed E-state index contributed by atoms with van der Waals surface area (Å²) in [5.74, 6) is 0.423. The van der Waals surface area contributed by atoms with Crippen LogP contribution < -0.4 is 0 Å². The summed E-state index contributed by atoms with van der Waals surface area (Å²) in [6.45, 7) is 2.05. The minimum absolute atomic E-state index is 0.0564. The molecule has 1 aliphatic rings. The number of carbonyl (C=O) groups is 1. The lowest BCUT2D eigenvalue weighted by Crippen LogP contribution is -2.24. The molecule has 0 saturated heterocycles. The number of hydrogen-bond donors (Lipinski definition) is 0. The second kappa shape index (κ2) is 5.05. The Kier molecular flexibility index (Phi) is 4.00. The summed E-state index contributed by atoms with van der Waals surface area (Å²) in [5, 5.41) is 0. The van der Waals surface area contributed by atoms with Crippen molar-refractivity contribution < 1.29 is 9.53 Å². The molecule has 13 heavy (non-hydrogen) atoms. The van der Waals surface area contributed by atoms with E-state index in [0.29, 0.717) is 5.92 Å². The van der Waals surface area contributed by atoms with Crippen LogP contribution in [0.4, 0.5) is 0 Å². The number of hydrogen-bond acceptors (Lipinski definition) is 2. The van der Waals surface area contributed by atoms with Gasteiger partial charge in [0, 0.05) is 0 Å². The molecule has 0 aromatic rings. The van der Waals surface area contributed by atoms with Crippen LogP contribution in [-0.2, 0) is 9.53 Å². The van der Waals surface area contributed by atoms with E-state index in [1.54, 1.807) is 0 Å². The zero-order valence-corrected chi connectivity index (χ0v) is 8.45. The number of allylic oxidation sites excluding steroid dienone is 2. The van der Waals surface area contributed by atoms with Gasteiger partial charge in [0.1, 0.15) is 0 Å². The number of esters is 1. The van der Waals surface area contributed by atoms with Gasteiger partial charge in [0.2, 0.25) is 0 Å². The van der Waals surface area contributed by atoms with Crippen LogP contribution in [0, 0.1) is 11.8 Å². The van der Waals surface area contributed by atoms with Crippen LogP contribution in [0.25, 0.3) is 0 Å². The van der Waals surface area contributed by atoms with E-state index >= 15 is 0 Å². The van der Waals surface area contributed by atoms with Crippen molar-refractivity contribution in [1.82, 2.24) is 0 Å². The number of methoxy groups -OCH3 is 1. The highest BCUT2D eigenvalue weighted by atomic mass is 16.5. The molecule has 0 amide bonds. The zero-order chi connectivity index (χ0) is 9.68. The smallest absolute Gasteiger partial charge is 0.309 e. The number of carbonyl (C=O) groups excluding carboxylic acids is 1. The highest BCUT2D eigenvalue weighted by Crippen LogP contribution is 2.27. The van der Waals surface area contributed by atoms with E-state index in [4.69, 9.17) is 4.74 Å². The van der Waals surface area contributed by atoms with Crippen molar-refractivity contribution >= 4 is 5.97 Å². The first-order valence-corrected chi connectivity index (χ1v) is 5.04. The minimum atomic E-state index is -0.0564. The van der Waals surface area contributed by atoms with E-state index in [1.165, 1.54) is 13.5 Å². The van der Waals surface area contributed by atoms with Crippen LogP contribution in [0.15, 0.2) is 12.2 Å². The third kappa shape index (κ3) is 2.58. The first kappa shape index (κ1) is 10.3. The Balaban J connectivity index is 2.59. The maximum absolute atomic E-state index is 11.4. The molecule has 0 N–H and O–H groups in total. The summed E-state index contributed by atoms with van der Waals surface area (Å²) >= 11 is 0. The van der Waals surface area contributed by atoms with Crippen LogP contribution in [0.1, 0.15) is 32.6 Å². The van der Waals surface area contributed by atoms with Crippen molar-refractivity contribution in [3.8, 4) is 0 Å². The van der Waals surface area contributed by atoms with Gasteiger partial charge >= 0.3 is 5.97 Å². The lowest BCUT2D eigenvalue weighted by atomic mass is 9.83. The first-order valence-electron chi connectivity index (χ1n) is 5.04. The third-order valence-electron chi connectivity index (χ3n) is 2.75. The predicted octanol–water partition coefficient (Wildman–Crippen LogP) is 2.54. The summed E-state index contributed by atoms with van der Waals surface area (Å²) in [4.78, 5) is 11.4. The first-order chi connectivity index (χ1) is 6.29. The summed E-state index contributed by atoms with van der Waals surface area (Å²) in [6, 6.07) is 0. The molecule has 0 saturated carbocycles. The SMILES string of the molecule is CCC(C(=O)OC)C1C=CCCC1. The molecule has 0 aliphatic heterocycles. The van der Waals surface area contributed by atoms with Gasteiger partial charge in [0.25, 0.3) is 0 Å². The van der Waals surface area contributed by atoms with Crippen LogP contribution in [-0.4, -0.2) is 13.1 Å². The standard InChI is InChI=1S/C11H18O2/c1-3-10(11(12)13-2)9-7-5-4-6-8-9/h5,7,9-10H,3-4,6,8H2,1-2H3. The van der Waals surface area contributed by atoms with Gasteiger partial charge in [-0.2, -0.15) is 0 Å². The predicted molar refractivity (Wildman–Crippen MR) is 52.3 cm³/mol.